The Morgan fingerprint density at radius 1 is 1.12 bits per heavy atom. The molecule has 0 saturated carbocycles. The van der Waals surface area contributed by atoms with Crippen LogP contribution in [0.3, 0.4) is 0 Å². The molecular weight excluding hydrogens is 325 g/mol. The average Bonchev–Trinajstić information content (AvgIpc) is 2.61. The van der Waals surface area contributed by atoms with E-state index >= 15 is 0 Å². The lowest BCUT2D eigenvalue weighted by Crippen LogP contribution is -2.37. The van der Waals surface area contributed by atoms with Gasteiger partial charge in [-0.05, 0) is 43.7 Å². The van der Waals surface area contributed by atoms with Gasteiger partial charge in [-0.15, -0.1) is 0 Å². The topological polar surface area (TPSA) is 56.8 Å². The summed E-state index contributed by atoms with van der Waals surface area (Å²) in [5.74, 6) is 1.00. The number of fused-ring (bicyclic) bond motifs is 1. The lowest BCUT2D eigenvalue weighted by Gasteiger charge is -2.22. The third-order valence-electron chi connectivity index (χ3n) is 3.90. The van der Waals surface area contributed by atoms with E-state index in [1.807, 2.05) is 25.1 Å². The molecule has 1 heterocycles. The van der Waals surface area contributed by atoms with Crippen molar-refractivity contribution in [3.8, 4) is 17.2 Å². The van der Waals surface area contributed by atoms with Crippen LogP contribution < -0.4 is 19.5 Å². The molecule has 0 spiro atoms. The third-order valence-corrected chi connectivity index (χ3v) is 3.90. The third kappa shape index (κ3) is 4.21. The van der Waals surface area contributed by atoms with E-state index in [1.54, 1.807) is 13.0 Å². The molecule has 2 atom stereocenters. The van der Waals surface area contributed by atoms with Crippen LogP contribution in [0.4, 0.5) is 4.39 Å². The summed E-state index contributed by atoms with van der Waals surface area (Å²) in [6, 6.07) is 11.1. The Kier molecular flexibility index (Phi) is 5.07. The SMILES string of the molecule is CC(Oc1cccc(F)c1)C(=O)NC(C)c1ccc2c(c1)OCCO2. The number of halogens is 1. The van der Waals surface area contributed by atoms with E-state index < -0.39 is 11.9 Å². The number of nitrogens with one attached hydrogen (secondary N) is 1. The Morgan fingerprint density at radius 2 is 1.88 bits per heavy atom. The fourth-order valence-corrected chi connectivity index (χ4v) is 2.54. The number of benzene rings is 2. The standard InChI is InChI=1S/C19H20FNO4/c1-12(14-6-7-17-18(10-14)24-9-8-23-17)21-19(22)13(2)25-16-5-3-4-15(20)11-16/h3-7,10-13H,8-9H2,1-2H3,(H,21,22). The van der Waals surface area contributed by atoms with Gasteiger partial charge in [0.2, 0.25) is 0 Å². The fourth-order valence-electron chi connectivity index (χ4n) is 2.54. The van der Waals surface area contributed by atoms with Crippen LogP contribution in [0.1, 0.15) is 25.5 Å². The van der Waals surface area contributed by atoms with Gasteiger partial charge in [0.1, 0.15) is 24.8 Å². The van der Waals surface area contributed by atoms with Crippen LogP contribution >= 0.6 is 0 Å². The molecule has 3 rings (SSSR count). The summed E-state index contributed by atoms with van der Waals surface area (Å²) in [6.07, 6.45) is -0.749. The highest BCUT2D eigenvalue weighted by Crippen LogP contribution is 2.32. The lowest BCUT2D eigenvalue weighted by atomic mass is 10.1. The molecule has 1 N–H and O–H groups in total. The fraction of sp³-hybridized carbons (Fsp3) is 0.316. The van der Waals surface area contributed by atoms with E-state index in [-0.39, 0.29) is 11.9 Å². The molecule has 5 nitrogen and oxygen atoms in total. The second kappa shape index (κ2) is 7.42. The Bertz CT molecular complexity index is 765. The highest BCUT2D eigenvalue weighted by molar-refractivity contribution is 5.81. The number of carbonyl (C=O) groups excluding carboxylic acids is 1. The average molecular weight is 345 g/mol. The zero-order valence-corrected chi connectivity index (χ0v) is 14.1. The maximum absolute atomic E-state index is 13.2. The van der Waals surface area contributed by atoms with E-state index in [4.69, 9.17) is 14.2 Å². The summed E-state index contributed by atoms with van der Waals surface area (Å²) in [5, 5.41) is 2.88. The molecule has 0 aromatic heterocycles. The van der Waals surface area contributed by atoms with Crippen molar-refractivity contribution < 1.29 is 23.4 Å². The molecule has 0 aliphatic carbocycles. The smallest absolute Gasteiger partial charge is 0.261 e. The van der Waals surface area contributed by atoms with Gasteiger partial charge in [0.25, 0.3) is 5.91 Å². The molecule has 0 fully saturated rings. The van der Waals surface area contributed by atoms with E-state index in [0.29, 0.717) is 30.5 Å². The zero-order valence-electron chi connectivity index (χ0n) is 14.1. The summed E-state index contributed by atoms with van der Waals surface area (Å²) < 4.78 is 29.7. The predicted molar refractivity (Wildman–Crippen MR) is 90.5 cm³/mol. The number of hydrogen-bond acceptors (Lipinski definition) is 4. The number of amides is 1. The second-order valence-electron chi connectivity index (χ2n) is 5.85. The number of rotatable bonds is 5. The minimum atomic E-state index is -0.749. The molecule has 1 aliphatic heterocycles. The van der Waals surface area contributed by atoms with E-state index in [9.17, 15) is 9.18 Å². The number of hydrogen-bond donors (Lipinski definition) is 1. The Balaban J connectivity index is 1.61. The molecule has 0 bridgehead atoms. The van der Waals surface area contributed by atoms with Crippen molar-refractivity contribution in [1.82, 2.24) is 5.32 Å². The van der Waals surface area contributed by atoms with Crippen LogP contribution in [0.15, 0.2) is 42.5 Å². The summed E-state index contributed by atoms with van der Waals surface area (Å²) in [4.78, 5) is 12.3. The minimum absolute atomic E-state index is 0.234. The quantitative estimate of drug-likeness (QED) is 0.904. The Morgan fingerprint density at radius 3 is 2.64 bits per heavy atom. The molecule has 25 heavy (non-hydrogen) atoms. The second-order valence-corrected chi connectivity index (χ2v) is 5.85. The highest BCUT2D eigenvalue weighted by atomic mass is 19.1. The monoisotopic (exact) mass is 345 g/mol. The van der Waals surface area contributed by atoms with Gasteiger partial charge in [0.15, 0.2) is 17.6 Å². The van der Waals surface area contributed by atoms with Crippen molar-refractivity contribution in [1.29, 1.82) is 0 Å². The van der Waals surface area contributed by atoms with Gasteiger partial charge in [-0.1, -0.05) is 12.1 Å². The normalized spacial score (nSPS) is 15.2. The zero-order chi connectivity index (χ0) is 17.8. The molecule has 0 radical (unpaired) electrons. The minimum Gasteiger partial charge on any atom is -0.486 e. The van der Waals surface area contributed by atoms with Crippen molar-refractivity contribution in [3.05, 3.63) is 53.8 Å². The van der Waals surface area contributed by atoms with E-state index in [0.717, 1.165) is 5.56 Å². The molecule has 132 valence electrons. The van der Waals surface area contributed by atoms with Gasteiger partial charge in [-0.25, -0.2) is 4.39 Å². The summed E-state index contributed by atoms with van der Waals surface area (Å²) in [7, 11) is 0. The van der Waals surface area contributed by atoms with Crippen molar-refractivity contribution in [2.24, 2.45) is 0 Å². The Hall–Kier alpha value is -2.76. The van der Waals surface area contributed by atoms with Gasteiger partial charge >= 0.3 is 0 Å². The van der Waals surface area contributed by atoms with Gasteiger partial charge < -0.3 is 19.5 Å². The van der Waals surface area contributed by atoms with Crippen LogP contribution in [-0.4, -0.2) is 25.2 Å². The summed E-state index contributed by atoms with van der Waals surface area (Å²) in [5.41, 5.74) is 0.899. The molecular formula is C19H20FNO4. The largest absolute Gasteiger partial charge is 0.486 e. The molecule has 1 amide bonds. The molecule has 6 heteroatoms. The van der Waals surface area contributed by atoms with Gasteiger partial charge in [0, 0.05) is 6.07 Å². The first-order valence-electron chi connectivity index (χ1n) is 8.15. The summed E-state index contributed by atoms with van der Waals surface area (Å²) in [6.45, 7) is 4.54. The molecule has 0 saturated heterocycles. The predicted octanol–water partition coefficient (Wildman–Crippen LogP) is 3.24. The van der Waals surface area contributed by atoms with E-state index in [1.165, 1.54) is 18.2 Å². The highest BCUT2D eigenvalue weighted by Gasteiger charge is 2.20. The van der Waals surface area contributed by atoms with E-state index in [2.05, 4.69) is 5.32 Å². The molecule has 2 aromatic carbocycles. The van der Waals surface area contributed by atoms with Crippen LogP contribution in [0, 0.1) is 5.82 Å². The van der Waals surface area contributed by atoms with Gasteiger partial charge in [0.05, 0.1) is 6.04 Å². The van der Waals surface area contributed by atoms with Crippen molar-refractivity contribution in [2.45, 2.75) is 26.0 Å². The Labute approximate surface area is 145 Å². The van der Waals surface area contributed by atoms with Crippen LogP contribution in [-0.2, 0) is 4.79 Å². The van der Waals surface area contributed by atoms with Crippen LogP contribution in [0.25, 0.3) is 0 Å². The van der Waals surface area contributed by atoms with Crippen molar-refractivity contribution in [2.75, 3.05) is 13.2 Å². The van der Waals surface area contributed by atoms with Crippen LogP contribution in [0.5, 0.6) is 17.2 Å². The molecule has 2 aromatic rings. The van der Waals surface area contributed by atoms with Gasteiger partial charge in [-0.3, -0.25) is 4.79 Å². The number of ether oxygens (including phenoxy) is 3. The van der Waals surface area contributed by atoms with Crippen molar-refractivity contribution in [3.63, 3.8) is 0 Å². The molecule has 2 unspecified atom stereocenters. The lowest BCUT2D eigenvalue weighted by molar-refractivity contribution is -0.127. The number of carbonyl (C=O) groups is 1. The summed E-state index contributed by atoms with van der Waals surface area (Å²) >= 11 is 0. The van der Waals surface area contributed by atoms with Crippen LogP contribution in [0.2, 0.25) is 0 Å². The van der Waals surface area contributed by atoms with Crippen molar-refractivity contribution >= 4 is 5.91 Å². The first-order valence-corrected chi connectivity index (χ1v) is 8.15. The molecule has 1 aliphatic rings. The first-order chi connectivity index (χ1) is 12.0. The first kappa shape index (κ1) is 17.1. The van der Waals surface area contributed by atoms with Gasteiger partial charge in [-0.2, -0.15) is 0 Å². The maximum atomic E-state index is 13.2. The maximum Gasteiger partial charge on any atom is 0.261 e.